The molecule has 0 aliphatic rings. The predicted octanol–water partition coefficient (Wildman–Crippen LogP) is 2.62. The second-order valence-corrected chi connectivity index (χ2v) is 3.48. The Labute approximate surface area is 94.6 Å². The first kappa shape index (κ1) is 12.9. The zero-order valence-corrected chi connectivity index (χ0v) is 8.93. The fourth-order valence-electron chi connectivity index (χ4n) is 1.12. The van der Waals surface area contributed by atoms with Crippen LogP contribution in [0.2, 0.25) is 5.02 Å². The van der Waals surface area contributed by atoms with E-state index in [0.29, 0.717) is 0 Å². The van der Waals surface area contributed by atoms with Crippen molar-refractivity contribution < 1.29 is 23.0 Å². The average Bonchev–Trinajstić information content (AvgIpc) is 2.19. The summed E-state index contributed by atoms with van der Waals surface area (Å²) < 4.78 is 41.7. The van der Waals surface area contributed by atoms with Gasteiger partial charge in [0.05, 0.1) is 12.1 Å². The molecule has 1 rings (SSSR count). The Hall–Kier alpha value is -1.14. The van der Waals surface area contributed by atoms with E-state index in [4.69, 9.17) is 17.3 Å². The highest BCUT2D eigenvalue weighted by Crippen LogP contribution is 2.39. The third kappa shape index (κ3) is 2.51. The molecule has 0 amide bonds. The number of benzene rings is 1. The number of nitrogens with two attached hydrogens (primary N) is 1. The highest BCUT2D eigenvalue weighted by atomic mass is 35.5. The molecule has 16 heavy (non-hydrogen) atoms. The lowest BCUT2D eigenvalue weighted by Gasteiger charge is -2.17. The van der Waals surface area contributed by atoms with Crippen LogP contribution in [0.4, 0.5) is 13.2 Å². The number of ether oxygens (including phenoxy) is 1. The molecule has 0 saturated heterocycles. The number of alkyl halides is 3. The minimum Gasteiger partial charge on any atom is -0.503 e. The van der Waals surface area contributed by atoms with Crippen LogP contribution in [-0.4, -0.2) is 18.4 Å². The van der Waals surface area contributed by atoms with Gasteiger partial charge in [-0.15, -0.1) is 0 Å². The third-order valence-electron chi connectivity index (χ3n) is 1.98. The third-order valence-corrected chi connectivity index (χ3v) is 2.27. The van der Waals surface area contributed by atoms with Gasteiger partial charge in [-0.25, -0.2) is 0 Å². The molecule has 0 radical (unpaired) electrons. The Morgan fingerprint density at radius 1 is 1.44 bits per heavy atom. The summed E-state index contributed by atoms with van der Waals surface area (Å²) in [6.07, 6.45) is -4.58. The van der Waals surface area contributed by atoms with Crippen molar-refractivity contribution in [3.05, 3.63) is 22.7 Å². The average molecular weight is 256 g/mol. The summed E-state index contributed by atoms with van der Waals surface area (Å²) in [5.74, 6) is -0.565. The van der Waals surface area contributed by atoms with E-state index in [1.807, 2.05) is 0 Å². The molecule has 0 heterocycles. The van der Waals surface area contributed by atoms with E-state index in [0.717, 1.165) is 12.1 Å². The van der Waals surface area contributed by atoms with Crippen LogP contribution < -0.4 is 10.5 Å². The van der Waals surface area contributed by atoms with E-state index in [9.17, 15) is 18.3 Å². The first-order valence-electron chi connectivity index (χ1n) is 4.16. The number of phenols is 1. The van der Waals surface area contributed by atoms with Crippen LogP contribution in [0.1, 0.15) is 11.6 Å². The summed E-state index contributed by atoms with van der Waals surface area (Å²) in [4.78, 5) is 0. The van der Waals surface area contributed by atoms with Crippen molar-refractivity contribution in [2.75, 3.05) is 7.11 Å². The lowest BCUT2D eigenvalue weighted by atomic mass is 10.1. The predicted molar refractivity (Wildman–Crippen MR) is 52.7 cm³/mol. The number of aromatic hydroxyl groups is 1. The second kappa shape index (κ2) is 4.39. The van der Waals surface area contributed by atoms with Crippen LogP contribution in [-0.2, 0) is 0 Å². The lowest BCUT2D eigenvalue weighted by Crippen LogP contribution is -2.28. The fraction of sp³-hybridized carbons (Fsp3) is 0.333. The second-order valence-electron chi connectivity index (χ2n) is 3.07. The zero-order valence-electron chi connectivity index (χ0n) is 8.18. The van der Waals surface area contributed by atoms with Gasteiger partial charge in [0.15, 0.2) is 11.5 Å². The van der Waals surface area contributed by atoms with Crippen molar-refractivity contribution in [3.8, 4) is 11.5 Å². The fourth-order valence-corrected chi connectivity index (χ4v) is 1.34. The first-order chi connectivity index (χ1) is 7.27. The van der Waals surface area contributed by atoms with Crippen LogP contribution in [0.15, 0.2) is 12.1 Å². The first-order valence-corrected chi connectivity index (χ1v) is 4.54. The smallest absolute Gasteiger partial charge is 0.407 e. The molecule has 0 unspecified atom stereocenters. The van der Waals surface area contributed by atoms with Gasteiger partial charge in [0.1, 0.15) is 6.04 Å². The molecule has 7 heteroatoms. The van der Waals surface area contributed by atoms with Gasteiger partial charge in [0, 0.05) is 0 Å². The summed E-state index contributed by atoms with van der Waals surface area (Å²) in [6, 6.07) is -0.212. The van der Waals surface area contributed by atoms with Gasteiger partial charge in [-0.1, -0.05) is 11.6 Å². The Kier molecular flexibility index (Phi) is 3.54. The molecule has 0 aliphatic heterocycles. The maximum absolute atomic E-state index is 12.3. The van der Waals surface area contributed by atoms with Gasteiger partial charge in [0.2, 0.25) is 0 Å². The number of phenolic OH excluding ortho intramolecular Hbond substituents is 1. The van der Waals surface area contributed by atoms with Crippen LogP contribution in [0.5, 0.6) is 11.5 Å². The summed E-state index contributed by atoms with van der Waals surface area (Å²) in [5.41, 5.74) is 4.72. The maximum Gasteiger partial charge on any atom is 0.407 e. The molecule has 1 aromatic carbocycles. The highest BCUT2D eigenvalue weighted by molar-refractivity contribution is 6.32. The molecule has 0 aromatic heterocycles. The Bertz CT molecular complexity index is 395. The van der Waals surface area contributed by atoms with Crippen molar-refractivity contribution in [2.24, 2.45) is 5.73 Å². The minimum absolute atomic E-state index is 0.151. The number of rotatable bonds is 2. The quantitative estimate of drug-likeness (QED) is 0.854. The topological polar surface area (TPSA) is 55.5 Å². The van der Waals surface area contributed by atoms with E-state index in [-0.39, 0.29) is 16.3 Å². The van der Waals surface area contributed by atoms with Gasteiger partial charge < -0.3 is 15.6 Å². The van der Waals surface area contributed by atoms with Gasteiger partial charge >= 0.3 is 6.18 Å². The molecular formula is C9H9ClF3NO2. The number of halogens is 4. The summed E-state index contributed by atoms with van der Waals surface area (Å²) in [7, 11) is 1.20. The standard InChI is InChI=1S/C9H9ClF3NO2/c1-16-6-3-4(2-5(10)7(6)15)8(14)9(11,12)13/h2-3,8,15H,14H2,1H3/t8-/m1/s1. The van der Waals surface area contributed by atoms with Crippen molar-refractivity contribution >= 4 is 11.6 Å². The van der Waals surface area contributed by atoms with E-state index in [2.05, 4.69) is 4.74 Å². The molecule has 0 spiro atoms. The summed E-state index contributed by atoms with van der Waals surface area (Å²) in [5, 5.41) is 9.09. The largest absolute Gasteiger partial charge is 0.503 e. The maximum atomic E-state index is 12.3. The van der Waals surface area contributed by atoms with Crippen LogP contribution in [0.25, 0.3) is 0 Å². The summed E-state index contributed by atoms with van der Waals surface area (Å²) in [6.45, 7) is 0. The Morgan fingerprint density at radius 3 is 2.44 bits per heavy atom. The molecule has 1 atom stereocenters. The molecule has 3 N–H and O–H groups in total. The van der Waals surface area contributed by atoms with Crippen molar-refractivity contribution in [1.82, 2.24) is 0 Å². The molecular weight excluding hydrogens is 247 g/mol. The van der Waals surface area contributed by atoms with Crippen LogP contribution >= 0.6 is 11.6 Å². The molecule has 3 nitrogen and oxygen atoms in total. The highest BCUT2D eigenvalue weighted by Gasteiger charge is 2.38. The summed E-state index contributed by atoms with van der Waals surface area (Å²) >= 11 is 5.54. The molecule has 1 aromatic rings. The van der Waals surface area contributed by atoms with Gasteiger partial charge in [-0.05, 0) is 17.7 Å². The molecule has 0 saturated carbocycles. The van der Waals surface area contributed by atoms with Gasteiger partial charge in [-0.3, -0.25) is 0 Å². The van der Waals surface area contributed by atoms with Crippen LogP contribution in [0.3, 0.4) is 0 Å². The molecule has 0 fully saturated rings. The number of hydrogen-bond donors (Lipinski definition) is 2. The van der Waals surface area contributed by atoms with Gasteiger partial charge in [0.25, 0.3) is 0 Å². The monoisotopic (exact) mass is 255 g/mol. The lowest BCUT2D eigenvalue weighted by molar-refractivity contribution is -0.149. The van der Waals surface area contributed by atoms with Crippen molar-refractivity contribution in [1.29, 1.82) is 0 Å². The molecule has 0 bridgehead atoms. The molecule has 0 aliphatic carbocycles. The van der Waals surface area contributed by atoms with Crippen molar-refractivity contribution in [2.45, 2.75) is 12.2 Å². The van der Waals surface area contributed by atoms with E-state index in [1.165, 1.54) is 7.11 Å². The van der Waals surface area contributed by atoms with E-state index >= 15 is 0 Å². The Balaban J connectivity index is 3.21. The number of hydrogen-bond acceptors (Lipinski definition) is 3. The van der Waals surface area contributed by atoms with Crippen molar-refractivity contribution in [3.63, 3.8) is 0 Å². The zero-order chi connectivity index (χ0) is 12.5. The number of methoxy groups -OCH3 is 1. The normalized spacial score (nSPS) is 13.6. The SMILES string of the molecule is COc1cc([C@@H](N)C(F)(F)F)cc(Cl)c1O. The Morgan fingerprint density at radius 2 is 2.00 bits per heavy atom. The van der Waals surface area contributed by atoms with Gasteiger partial charge in [-0.2, -0.15) is 13.2 Å². The minimum atomic E-state index is -4.58. The van der Waals surface area contributed by atoms with E-state index in [1.54, 1.807) is 0 Å². The van der Waals surface area contributed by atoms with Crippen LogP contribution in [0, 0.1) is 0 Å². The molecule has 90 valence electrons. The van der Waals surface area contributed by atoms with E-state index < -0.39 is 18.0 Å².